The van der Waals surface area contributed by atoms with Crippen LogP contribution in [0.25, 0.3) is 0 Å². The zero-order chi connectivity index (χ0) is 6.15. The van der Waals surface area contributed by atoms with E-state index >= 15 is 0 Å². The first-order chi connectivity index (χ1) is 3.70. The Bertz CT molecular complexity index is 155. The third kappa shape index (κ3) is 1.48. The van der Waals surface area contributed by atoms with Crippen LogP contribution in [0.15, 0.2) is 5.10 Å². The molecule has 4 heteroatoms. The van der Waals surface area contributed by atoms with E-state index in [2.05, 4.69) is 5.10 Å². The standard InChI is InChI=1S/C5H8N2O.FH/c1-4-3-5(8)7(2)6-4;/h3H2,1-2H3;1H. The number of hydrazone groups is 1. The van der Waals surface area contributed by atoms with Gasteiger partial charge in [-0.25, -0.2) is 5.01 Å². The van der Waals surface area contributed by atoms with Crippen molar-refractivity contribution in [1.29, 1.82) is 0 Å². The second-order valence-corrected chi connectivity index (χ2v) is 1.93. The molecule has 52 valence electrons. The molecule has 1 amide bonds. The number of carbonyl (C=O) groups is 1. The summed E-state index contributed by atoms with van der Waals surface area (Å²) < 4.78 is 0. The molecule has 1 aliphatic heterocycles. The molecule has 0 unspecified atom stereocenters. The van der Waals surface area contributed by atoms with Crippen LogP contribution in [0.1, 0.15) is 13.3 Å². The number of nitrogens with zero attached hydrogens (tertiary/aromatic N) is 2. The SMILES string of the molecule is CC1=NN(C)C(=O)C1.F. The van der Waals surface area contributed by atoms with Gasteiger partial charge in [0.2, 0.25) is 5.91 Å². The minimum Gasteiger partial charge on any atom is -0.273 e. The van der Waals surface area contributed by atoms with Crippen molar-refractivity contribution >= 4 is 11.6 Å². The molecule has 0 aromatic heterocycles. The molecule has 0 fully saturated rings. The van der Waals surface area contributed by atoms with E-state index in [9.17, 15) is 4.79 Å². The van der Waals surface area contributed by atoms with Crippen molar-refractivity contribution in [3.05, 3.63) is 0 Å². The van der Waals surface area contributed by atoms with Crippen molar-refractivity contribution in [2.45, 2.75) is 13.3 Å². The summed E-state index contributed by atoms with van der Waals surface area (Å²) in [6.07, 6.45) is 0.497. The molecule has 0 spiro atoms. The van der Waals surface area contributed by atoms with Crippen LogP contribution in [0.5, 0.6) is 0 Å². The maximum atomic E-state index is 10.6. The molecule has 3 nitrogen and oxygen atoms in total. The molecule has 0 N–H and O–H groups in total. The quantitative estimate of drug-likeness (QED) is 0.469. The number of hydrogen-bond acceptors (Lipinski definition) is 2. The number of halogens is 1. The molecular weight excluding hydrogens is 123 g/mol. The van der Waals surface area contributed by atoms with Crippen LogP contribution in [-0.2, 0) is 4.79 Å². The molecule has 9 heavy (non-hydrogen) atoms. The van der Waals surface area contributed by atoms with E-state index in [1.807, 2.05) is 6.92 Å². The van der Waals surface area contributed by atoms with Crippen molar-refractivity contribution in [3.8, 4) is 0 Å². The smallest absolute Gasteiger partial charge is 0.248 e. The van der Waals surface area contributed by atoms with E-state index in [-0.39, 0.29) is 10.6 Å². The van der Waals surface area contributed by atoms with Crippen molar-refractivity contribution in [2.75, 3.05) is 7.05 Å². The molecule has 0 aromatic rings. The second kappa shape index (κ2) is 2.57. The van der Waals surface area contributed by atoms with Crippen LogP contribution in [0, 0.1) is 0 Å². The van der Waals surface area contributed by atoms with Crippen LogP contribution in [-0.4, -0.2) is 23.7 Å². The van der Waals surface area contributed by atoms with Crippen LogP contribution < -0.4 is 0 Å². The van der Waals surface area contributed by atoms with E-state index in [4.69, 9.17) is 0 Å². The Morgan fingerprint density at radius 2 is 2.22 bits per heavy atom. The average molecular weight is 132 g/mol. The maximum absolute atomic E-state index is 10.6. The maximum Gasteiger partial charge on any atom is 0.248 e. The summed E-state index contributed by atoms with van der Waals surface area (Å²) in [7, 11) is 1.67. The third-order valence-electron chi connectivity index (χ3n) is 1.09. The molecule has 0 aromatic carbocycles. The van der Waals surface area contributed by atoms with Crippen molar-refractivity contribution < 1.29 is 9.50 Å². The predicted molar refractivity (Wildman–Crippen MR) is 33.0 cm³/mol. The first-order valence-electron chi connectivity index (χ1n) is 2.51. The lowest BCUT2D eigenvalue weighted by molar-refractivity contribution is -0.127. The molecule has 0 saturated carbocycles. The van der Waals surface area contributed by atoms with Gasteiger partial charge in [-0.05, 0) is 6.92 Å². The minimum atomic E-state index is 0. The summed E-state index contributed by atoms with van der Waals surface area (Å²) >= 11 is 0. The van der Waals surface area contributed by atoms with Crippen molar-refractivity contribution in [1.82, 2.24) is 5.01 Å². The van der Waals surface area contributed by atoms with Crippen molar-refractivity contribution in [3.63, 3.8) is 0 Å². The van der Waals surface area contributed by atoms with Crippen LogP contribution >= 0.6 is 0 Å². The van der Waals surface area contributed by atoms with Crippen LogP contribution in [0.2, 0.25) is 0 Å². The van der Waals surface area contributed by atoms with E-state index < -0.39 is 0 Å². The van der Waals surface area contributed by atoms with Gasteiger partial charge in [0.05, 0.1) is 6.42 Å². The number of rotatable bonds is 0. The molecule has 0 bridgehead atoms. The highest BCUT2D eigenvalue weighted by Crippen LogP contribution is 2.02. The van der Waals surface area contributed by atoms with Gasteiger partial charge in [-0.1, -0.05) is 0 Å². The fraction of sp³-hybridized carbons (Fsp3) is 0.600. The van der Waals surface area contributed by atoms with E-state index in [0.29, 0.717) is 6.42 Å². The van der Waals surface area contributed by atoms with E-state index in [0.717, 1.165) is 5.71 Å². The summed E-state index contributed by atoms with van der Waals surface area (Å²) in [5.74, 6) is 0.0856. The predicted octanol–water partition coefficient (Wildman–Crippen LogP) is 0.377. The summed E-state index contributed by atoms with van der Waals surface area (Å²) in [6.45, 7) is 1.85. The molecule has 1 aliphatic rings. The number of hydrogen-bond donors (Lipinski definition) is 0. The Kier molecular flexibility index (Phi) is 2.30. The Hall–Kier alpha value is -0.930. The van der Waals surface area contributed by atoms with Gasteiger partial charge >= 0.3 is 0 Å². The second-order valence-electron chi connectivity index (χ2n) is 1.93. The molecule has 1 rings (SSSR count). The Morgan fingerprint density at radius 3 is 2.33 bits per heavy atom. The number of carbonyl (C=O) groups excluding carboxylic acids is 1. The summed E-state index contributed by atoms with van der Waals surface area (Å²) in [4.78, 5) is 10.6. The zero-order valence-electron chi connectivity index (χ0n) is 5.42. The lowest BCUT2D eigenvalue weighted by Gasteiger charge is -1.98. The average Bonchev–Trinajstić information content (AvgIpc) is 1.85. The van der Waals surface area contributed by atoms with E-state index in [1.165, 1.54) is 5.01 Å². The van der Waals surface area contributed by atoms with Gasteiger partial charge in [-0.3, -0.25) is 9.50 Å². The Morgan fingerprint density at radius 1 is 1.67 bits per heavy atom. The molecule has 0 radical (unpaired) electrons. The molecular formula is C5H9FN2O. The van der Waals surface area contributed by atoms with Crippen molar-refractivity contribution in [2.24, 2.45) is 5.10 Å². The van der Waals surface area contributed by atoms with Gasteiger partial charge in [0.15, 0.2) is 0 Å². The molecule has 0 aliphatic carbocycles. The van der Waals surface area contributed by atoms with Gasteiger partial charge in [-0.15, -0.1) is 0 Å². The van der Waals surface area contributed by atoms with Gasteiger partial charge in [-0.2, -0.15) is 5.10 Å². The third-order valence-corrected chi connectivity index (χ3v) is 1.09. The minimum absolute atomic E-state index is 0. The Balaban J connectivity index is 0.000000640. The zero-order valence-corrected chi connectivity index (χ0v) is 5.42. The van der Waals surface area contributed by atoms with Gasteiger partial charge in [0.25, 0.3) is 0 Å². The highest BCUT2D eigenvalue weighted by molar-refractivity contribution is 6.03. The number of amides is 1. The monoisotopic (exact) mass is 132 g/mol. The first-order valence-corrected chi connectivity index (χ1v) is 2.51. The Labute approximate surface area is 52.7 Å². The normalized spacial score (nSPS) is 17.3. The fourth-order valence-corrected chi connectivity index (χ4v) is 0.680. The van der Waals surface area contributed by atoms with Gasteiger partial charge < -0.3 is 0 Å². The summed E-state index contributed by atoms with van der Waals surface area (Å²) in [5.41, 5.74) is 0.900. The van der Waals surface area contributed by atoms with Crippen LogP contribution in [0.4, 0.5) is 4.70 Å². The largest absolute Gasteiger partial charge is 0.273 e. The fourth-order valence-electron chi connectivity index (χ4n) is 0.680. The lowest BCUT2D eigenvalue weighted by atomic mass is 10.3. The highest BCUT2D eigenvalue weighted by Gasteiger charge is 2.15. The molecule has 1 heterocycles. The topological polar surface area (TPSA) is 32.7 Å². The van der Waals surface area contributed by atoms with Gasteiger partial charge in [0, 0.05) is 12.8 Å². The first kappa shape index (κ1) is 8.07. The molecule has 0 atom stereocenters. The lowest BCUT2D eigenvalue weighted by Crippen LogP contribution is -2.13. The summed E-state index contributed by atoms with van der Waals surface area (Å²) in [6, 6.07) is 0. The van der Waals surface area contributed by atoms with Crippen LogP contribution in [0.3, 0.4) is 0 Å². The summed E-state index contributed by atoms with van der Waals surface area (Å²) in [5, 5.41) is 5.24. The molecule has 0 saturated heterocycles. The highest BCUT2D eigenvalue weighted by atomic mass is 19.0. The van der Waals surface area contributed by atoms with E-state index in [1.54, 1.807) is 7.05 Å². The van der Waals surface area contributed by atoms with Gasteiger partial charge in [0.1, 0.15) is 0 Å².